The number of aryl methyl sites for hydroxylation is 1. The van der Waals surface area contributed by atoms with Crippen molar-refractivity contribution in [2.24, 2.45) is 24.6 Å². The van der Waals surface area contributed by atoms with Crippen LogP contribution in [0.4, 0.5) is 13.2 Å². The standard InChI is InChI=1S/C36H38F3N9O3/c1-18(43-34(49)27-14-42-30(15-41-27)36(37,38)39)25-9-7-21-12-28(48(32(21)44-25)16-19-4-5-19)33-45-26-11-22(13-29(51-3)31(26)46(33)2)35(50)47-17-24(40)20-6-8-23(47)10-20/h7,9,11-15,18-20,23-24H,4-6,8,10,16-17,40H2,1-3H3,(H,43,49)/t18-,20+,23-,24+/m1/s1. The summed E-state index contributed by atoms with van der Waals surface area (Å²) in [6.07, 6.45) is 1.87. The van der Waals surface area contributed by atoms with Gasteiger partial charge in [0.05, 0.1) is 42.4 Å². The van der Waals surface area contributed by atoms with Gasteiger partial charge in [-0.25, -0.2) is 19.9 Å². The predicted octanol–water partition coefficient (Wildman–Crippen LogP) is 5.26. The van der Waals surface area contributed by atoms with Crippen molar-refractivity contribution in [1.82, 2.24) is 39.3 Å². The van der Waals surface area contributed by atoms with E-state index in [0.717, 1.165) is 67.1 Å². The van der Waals surface area contributed by atoms with E-state index in [2.05, 4.69) is 19.9 Å². The fraction of sp³-hybridized carbons (Fsp3) is 0.444. The summed E-state index contributed by atoms with van der Waals surface area (Å²) in [7, 11) is 3.52. The minimum absolute atomic E-state index is 0.0186. The summed E-state index contributed by atoms with van der Waals surface area (Å²) in [4.78, 5) is 45.7. The number of fused-ring (bicyclic) bond motifs is 4. The van der Waals surface area contributed by atoms with Crippen LogP contribution >= 0.6 is 0 Å². The fourth-order valence-corrected chi connectivity index (χ4v) is 7.67. The van der Waals surface area contributed by atoms with Crippen molar-refractivity contribution in [3.63, 3.8) is 0 Å². The van der Waals surface area contributed by atoms with Gasteiger partial charge in [-0.05, 0) is 81.2 Å². The Balaban J connectivity index is 1.12. The van der Waals surface area contributed by atoms with Crippen LogP contribution < -0.4 is 15.8 Å². The van der Waals surface area contributed by atoms with E-state index in [0.29, 0.717) is 52.9 Å². The van der Waals surface area contributed by atoms with Crippen molar-refractivity contribution in [2.75, 3.05) is 13.7 Å². The number of nitrogens with one attached hydrogen (secondary N) is 1. The van der Waals surface area contributed by atoms with Gasteiger partial charge in [0.25, 0.3) is 11.8 Å². The smallest absolute Gasteiger partial charge is 0.434 e. The zero-order valence-electron chi connectivity index (χ0n) is 28.4. The van der Waals surface area contributed by atoms with Crippen LogP contribution in [-0.4, -0.2) is 71.5 Å². The molecule has 8 rings (SSSR count). The number of halogens is 3. The molecule has 2 aliphatic carbocycles. The summed E-state index contributed by atoms with van der Waals surface area (Å²) < 4.78 is 48.7. The van der Waals surface area contributed by atoms with Gasteiger partial charge in [0.1, 0.15) is 22.6 Å². The molecule has 12 nitrogen and oxygen atoms in total. The number of imidazole rings is 1. The maximum atomic E-state index is 13.9. The first-order valence-electron chi connectivity index (χ1n) is 17.2. The molecule has 4 atom stereocenters. The van der Waals surface area contributed by atoms with Crippen molar-refractivity contribution in [1.29, 1.82) is 0 Å². The lowest BCUT2D eigenvalue weighted by molar-refractivity contribution is -0.141. The monoisotopic (exact) mass is 701 g/mol. The lowest BCUT2D eigenvalue weighted by atomic mass is 9.94. The largest absolute Gasteiger partial charge is 0.494 e. The Labute approximate surface area is 291 Å². The highest BCUT2D eigenvalue weighted by Gasteiger charge is 2.41. The molecule has 5 heterocycles. The zero-order chi connectivity index (χ0) is 35.8. The summed E-state index contributed by atoms with van der Waals surface area (Å²) in [5.74, 6) is 1.48. The van der Waals surface area contributed by atoms with Crippen LogP contribution in [0.3, 0.4) is 0 Å². The molecule has 1 aliphatic heterocycles. The zero-order valence-corrected chi connectivity index (χ0v) is 28.4. The number of aromatic nitrogens is 6. The number of amides is 2. The molecule has 15 heteroatoms. The maximum absolute atomic E-state index is 13.9. The van der Waals surface area contributed by atoms with Crippen LogP contribution in [-0.2, 0) is 19.8 Å². The number of carbonyl (C=O) groups excluding carboxylic acids is 2. The fourth-order valence-electron chi connectivity index (χ4n) is 7.67. The second-order valence-electron chi connectivity index (χ2n) is 14.1. The lowest BCUT2D eigenvalue weighted by Crippen LogP contribution is -2.51. The number of rotatable bonds is 8. The van der Waals surface area contributed by atoms with Gasteiger partial charge in [-0.15, -0.1) is 0 Å². The summed E-state index contributed by atoms with van der Waals surface area (Å²) in [6.45, 7) is 3.01. The van der Waals surface area contributed by atoms with Crippen molar-refractivity contribution < 1.29 is 27.5 Å². The Hall–Kier alpha value is -5.05. The molecule has 2 amide bonds. The van der Waals surface area contributed by atoms with E-state index >= 15 is 0 Å². The highest BCUT2D eigenvalue weighted by Crippen LogP contribution is 2.40. The summed E-state index contributed by atoms with van der Waals surface area (Å²) >= 11 is 0. The van der Waals surface area contributed by atoms with E-state index < -0.39 is 23.8 Å². The number of hydrogen-bond donors (Lipinski definition) is 2. The van der Waals surface area contributed by atoms with Crippen LogP contribution in [0.1, 0.15) is 77.3 Å². The molecular formula is C36H38F3N9O3. The molecule has 2 saturated carbocycles. The molecule has 1 saturated heterocycles. The number of likely N-dealkylation sites (tertiary alicyclic amines) is 1. The lowest BCUT2D eigenvalue weighted by Gasteiger charge is -2.37. The SMILES string of the molecule is COc1cc(C(=O)N2C[C@H](N)[C@H]3CC[C@@H]2C3)cc2nc(-c3cc4ccc([C@@H](C)NC(=O)c5cnc(C(F)(F)F)cn5)nc4n3CC3CC3)n(C)c12. The van der Waals surface area contributed by atoms with E-state index in [9.17, 15) is 22.8 Å². The quantitative estimate of drug-likeness (QED) is 0.223. The van der Waals surface area contributed by atoms with Gasteiger partial charge in [0.15, 0.2) is 11.5 Å². The van der Waals surface area contributed by atoms with E-state index in [1.807, 2.05) is 40.8 Å². The minimum atomic E-state index is -4.65. The van der Waals surface area contributed by atoms with Crippen molar-refractivity contribution >= 4 is 33.9 Å². The second-order valence-corrected chi connectivity index (χ2v) is 14.1. The van der Waals surface area contributed by atoms with E-state index in [1.165, 1.54) is 0 Å². The first kappa shape index (κ1) is 33.1. The predicted molar refractivity (Wildman–Crippen MR) is 182 cm³/mol. The molecule has 0 radical (unpaired) electrons. The van der Waals surface area contributed by atoms with Gasteiger partial charge in [-0.1, -0.05) is 0 Å². The normalized spacial score (nSPS) is 21.0. The number of nitrogens with two attached hydrogens (primary N) is 1. The molecule has 3 fully saturated rings. The summed E-state index contributed by atoms with van der Waals surface area (Å²) in [6, 6.07) is 9.02. The van der Waals surface area contributed by atoms with Gasteiger partial charge >= 0.3 is 6.18 Å². The van der Waals surface area contributed by atoms with Crippen LogP contribution in [0.25, 0.3) is 33.6 Å². The average Bonchev–Trinajstić information content (AvgIpc) is 3.58. The van der Waals surface area contributed by atoms with Gasteiger partial charge in [-0.3, -0.25) is 9.59 Å². The molecule has 2 bridgehead atoms. The van der Waals surface area contributed by atoms with Gasteiger partial charge < -0.3 is 29.8 Å². The van der Waals surface area contributed by atoms with E-state index in [4.69, 9.17) is 20.4 Å². The van der Waals surface area contributed by atoms with Crippen molar-refractivity contribution in [3.05, 3.63) is 65.4 Å². The molecule has 3 aliphatic rings. The molecule has 3 N–H and O–H groups in total. The number of alkyl halides is 3. The van der Waals surface area contributed by atoms with Crippen molar-refractivity contribution in [3.8, 4) is 17.3 Å². The Kier molecular flexibility index (Phi) is 8.00. The number of piperidine rings is 1. The molecule has 0 spiro atoms. The Morgan fingerprint density at radius 1 is 1.08 bits per heavy atom. The second kappa shape index (κ2) is 12.3. The van der Waals surface area contributed by atoms with Crippen LogP contribution in [0, 0.1) is 11.8 Å². The molecule has 4 aromatic heterocycles. The summed E-state index contributed by atoms with van der Waals surface area (Å²) in [5.41, 5.74) is 9.09. The highest BCUT2D eigenvalue weighted by atomic mass is 19.4. The first-order valence-corrected chi connectivity index (χ1v) is 17.2. The number of hydrogen-bond acceptors (Lipinski definition) is 8. The maximum Gasteiger partial charge on any atom is 0.434 e. The first-order chi connectivity index (χ1) is 24.4. The molecular weight excluding hydrogens is 663 g/mol. The third kappa shape index (κ3) is 5.96. The third-order valence-electron chi connectivity index (χ3n) is 10.7. The number of ether oxygens (including phenoxy) is 1. The van der Waals surface area contributed by atoms with Crippen LogP contribution in [0.2, 0.25) is 0 Å². The molecule has 5 aromatic rings. The van der Waals surface area contributed by atoms with Gasteiger partial charge in [0.2, 0.25) is 0 Å². The molecule has 51 heavy (non-hydrogen) atoms. The van der Waals surface area contributed by atoms with Crippen LogP contribution in [0.5, 0.6) is 5.75 Å². The van der Waals surface area contributed by atoms with E-state index in [-0.39, 0.29) is 23.7 Å². The van der Waals surface area contributed by atoms with Gasteiger partial charge in [-0.2, -0.15) is 13.2 Å². The van der Waals surface area contributed by atoms with Gasteiger partial charge in [0, 0.05) is 43.2 Å². The number of carbonyl (C=O) groups is 2. The molecule has 1 aromatic carbocycles. The van der Waals surface area contributed by atoms with Crippen molar-refractivity contribution in [2.45, 2.75) is 69.9 Å². The summed E-state index contributed by atoms with van der Waals surface area (Å²) in [5, 5.41) is 3.65. The number of nitrogens with zero attached hydrogens (tertiary/aromatic N) is 7. The van der Waals surface area contributed by atoms with E-state index in [1.54, 1.807) is 20.1 Å². The Morgan fingerprint density at radius 3 is 2.59 bits per heavy atom. The average molecular weight is 702 g/mol. The third-order valence-corrected chi connectivity index (χ3v) is 10.7. The highest BCUT2D eigenvalue weighted by molar-refractivity contribution is 6.00. The minimum Gasteiger partial charge on any atom is -0.494 e. The number of benzene rings is 1. The number of methoxy groups -OCH3 is 1. The molecule has 266 valence electrons. The Bertz CT molecular complexity index is 2170. The Morgan fingerprint density at radius 2 is 1.88 bits per heavy atom. The topological polar surface area (TPSA) is 146 Å². The van der Waals surface area contributed by atoms with Crippen LogP contribution in [0.15, 0.2) is 42.7 Å². The number of pyridine rings is 1. The molecule has 0 unspecified atom stereocenters.